The molecule has 1 amide bonds. The monoisotopic (exact) mass is 211 g/mol. The first kappa shape index (κ1) is 11.8. The highest BCUT2D eigenvalue weighted by atomic mass is 16.6. The van der Waals surface area contributed by atoms with Crippen LogP contribution in [0, 0.1) is 0 Å². The van der Waals surface area contributed by atoms with Gasteiger partial charge in [-0.2, -0.15) is 0 Å². The lowest BCUT2D eigenvalue weighted by atomic mass is 10.0. The number of nitrogens with one attached hydrogen (secondary N) is 1. The Morgan fingerprint density at radius 1 is 1.53 bits per heavy atom. The minimum absolute atomic E-state index is 0.0629. The predicted molar refractivity (Wildman–Crippen MR) is 56.5 cm³/mol. The van der Waals surface area contributed by atoms with Gasteiger partial charge in [-0.25, -0.2) is 4.79 Å². The molecule has 84 valence electrons. The zero-order valence-electron chi connectivity index (χ0n) is 9.37. The predicted octanol–water partition coefficient (Wildman–Crippen LogP) is 1.80. The smallest absolute Gasteiger partial charge is 0.408 e. The number of hydrogen-bond acceptors (Lipinski definition) is 3. The number of amides is 1. The summed E-state index contributed by atoms with van der Waals surface area (Å²) in [6, 6.07) is -0.426. The Kier molecular flexibility index (Phi) is 3.50. The van der Waals surface area contributed by atoms with E-state index in [0.717, 1.165) is 6.42 Å². The fourth-order valence-corrected chi connectivity index (χ4v) is 1.31. The van der Waals surface area contributed by atoms with Gasteiger partial charge in [-0.1, -0.05) is 6.08 Å². The first-order valence-corrected chi connectivity index (χ1v) is 5.08. The lowest BCUT2D eigenvalue weighted by Gasteiger charge is -2.23. The van der Waals surface area contributed by atoms with E-state index >= 15 is 0 Å². The van der Waals surface area contributed by atoms with E-state index in [0.29, 0.717) is 6.42 Å². The van der Waals surface area contributed by atoms with Crippen LogP contribution in [0.4, 0.5) is 4.79 Å². The normalized spacial score (nSPS) is 21.3. The van der Waals surface area contributed by atoms with Crippen LogP contribution in [0.5, 0.6) is 0 Å². The van der Waals surface area contributed by atoms with E-state index in [1.54, 1.807) is 20.8 Å². The maximum Gasteiger partial charge on any atom is 0.408 e. The summed E-state index contributed by atoms with van der Waals surface area (Å²) in [6.07, 6.45) is 4.25. The quantitative estimate of drug-likeness (QED) is 0.719. The van der Waals surface area contributed by atoms with Crippen LogP contribution in [0.25, 0.3) is 0 Å². The van der Waals surface area contributed by atoms with Crippen LogP contribution >= 0.6 is 0 Å². The molecule has 15 heavy (non-hydrogen) atoms. The van der Waals surface area contributed by atoms with Crippen LogP contribution in [0.15, 0.2) is 12.2 Å². The van der Waals surface area contributed by atoms with E-state index in [4.69, 9.17) is 4.74 Å². The average Bonchev–Trinajstić information content (AvgIpc) is 2.05. The molecule has 0 saturated heterocycles. The summed E-state index contributed by atoms with van der Waals surface area (Å²) in [7, 11) is 0. The molecule has 1 N–H and O–H groups in total. The van der Waals surface area contributed by atoms with E-state index < -0.39 is 17.7 Å². The minimum Gasteiger partial charge on any atom is -0.444 e. The molecule has 0 unspecified atom stereocenters. The third kappa shape index (κ3) is 4.14. The van der Waals surface area contributed by atoms with Crippen molar-refractivity contribution >= 4 is 11.9 Å². The molecule has 0 heterocycles. The van der Waals surface area contributed by atoms with Gasteiger partial charge >= 0.3 is 6.09 Å². The molecule has 1 rings (SSSR count). The minimum atomic E-state index is -0.531. The van der Waals surface area contributed by atoms with Gasteiger partial charge in [0.15, 0.2) is 5.78 Å². The highest BCUT2D eigenvalue weighted by molar-refractivity contribution is 5.96. The third-order valence-corrected chi connectivity index (χ3v) is 1.94. The fourth-order valence-electron chi connectivity index (χ4n) is 1.31. The van der Waals surface area contributed by atoms with Gasteiger partial charge in [0.05, 0.1) is 6.04 Å². The van der Waals surface area contributed by atoms with Gasteiger partial charge in [-0.15, -0.1) is 0 Å². The molecule has 0 aromatic carbocycles. The summed E-state index contributed by atoms with van der Waals surface area (Å²) in [6.45, 7) is 5.36. The third-order valence-electron chi connectivity index (χ3n) is 1.94. The molecule has 1 atom stereocenters. The van der Waals surface area contributed by atoms with Crippen molar-refractivity contribution in [3.05, 3.63) is 12.2 Å². The lowest BCUT2D eigenvalue weighted by molar-refractivity contribution is -0.117. The Hall–Kier alpha value is -1.32. The van der Waals surface area contributed by atoms with Crippen molar-refractivity contribution in [2.45, 2.75) is 45.3 Å². The zero-order chi connectivity index (χ0) is 11.5. The Labute approximate surface area is 89.7 Å². The molecule has 0 aliphatic heterocycles. The van der Waals surface area contributed by atoms with Crippen molar-refractivity contribution < 1.29 is 14.3 Å². The molecular weight excluding hydrogens is 194 g/mol. The number of carbonyl (C=O) groups excluding carboxylic acids is 2. The molecular formula is C11H17NO3. The molecule has 0 saturated carbocycles. The van der Waals surface area contributed by atoms with Crippen molar-refractivity contribution in [3.63, 3.8) is 0 Å². The van der Waals surface area contributed by atoms with Crippen molar-refractivity contribution in [2.75, 3.05) is 0 Å². The second-order valence-corrected chi connectivity index (χ2v) is 4.58. The van der Waals surface area contributed by atoms with Gasteiger partial charge in [-0.05, 0) is 39.7 Å². The van der Waals surface area contributed by atoms with Crippen LogP contribution in [0.2, 0.25) is 0 Å². The molecule has 4 nitrogen and oxygen atoms in total. The van der Waals surface area contributed by atoms with E-state index in [1.165, 1.54) is 6.08 Å². The number of alkyl carbamates (subject to hydrolysis) is 1. The molecule has 4 heteroatoms. The standard InChI is InChI=1S/C11H17NO3/c1-11(2,3)15-10(14)12-8-6-4-5-7-9(8)13/h5,7-8H,4,6H2,1-3H3,(H,12,14)/t8-/m1/s1. The van der Waals surface area contributed by atoms with Gasteiger partial charge in [0.2, 0.25) is 0 Å². The maximum absolute atomic E-state index is 11.4. The van der Waals surface area contributed by atoms with Crippen molar-refractivity contribution in [3.8, 4) is 0 Å². The summed E-state index contributed by atoms with van der Waals surface area (Å²) in [5.41, 5.74) is -0.530. The molecule has 0 aromatic heterocycles. The molecule has 0 fully saturated rings. The van der Waals surface area contributed by atoms with Crippen molar-refractivity contribution in [1.82, 2.24) is 5.32 Å². The highest BCUT2D eigenvalue weighted by Crippen LogP contribution is 2.10. The number of carbonyl (C=O) groups is 2. The first-order chi connectivity index (χ1) is 6.88. The zero-order valence-corrected chi connectivity index (χ0v) is 9.37. The van der Waals surface area contributed by atoms with E-state index in [9.17, 15) is 9.59 Å². The molecule has 1 aliphatic rings. The summed E-state index contributed by atoms with van der Waals surface area (Å²) < 4.78 is 5.06. The Bertz CT molecular complexity index is 289. The maximum atomic E-state index is 11.4. The van der Waals surface area contributed by atoms with Gasteiger partial charge in [0.1, 0.15) is 5.60 Å². The van der Waals surface area contributed by atoms with Gasteiger partial charge in [0, 0.05) is 0 Å². The Morgan fingerprint density at radius 3 is 2.73 bits per heavy atom. The van der Waals surface area contributed by atoms with Crippen LogP contribution in [-0.4, -0.2) is 23.5 Å². The SMILES string of the molecule is CC(C)(C)OC(=O)N[C@@H]1CCC=CC1=O. The number of ether oxygens (including phenoxy) is 1. The largest absolute Gasteiger partial charge is 0.444 e. The summed E-state index contributed by atoms with van der Waals surface area (Å²) in [5.74, 6) is -0.0629. The van der Waals surface area contributed by atoms with E-state index in [-0.39, 0.29) is 5.78 Å². The van der Waals surface area contributed by atoms with E-state index in [2.05, 4.69) is 5.32 Å². The number of allylic oxidation sites excluding steroid dienone is 1. The fraction of sp³-hybridized carbons (Fsp3) is 0.636. The average molecular weight is 211 g/mol. The first-order valence-electron chi connectivity index (χ1n) is 5.08. The van der Waals surface area contributed by atoms with Crippen LogP contribution in [-0.2, 0) is 9.53 Å². The summed E-state index contributed by atoms with van der Waals surface area (Å²) in [4.78, 5) is 22.7. The number of hydrogen-bond donors (Lipinski definition) is 1. The summed E-state index contributed by atoms with van der Waals surface area (Å²) >= 11 is 0. The number of rotatable bonds is 1. The number of ketones is 1. The van der Waals surface area contributed by atoms with Gasteiger partial charge in [-0.3, -0.25) is 4.79 Å². The molecule has 0 radical (unpaired) electrons. The van der Waals surface area contributed by atoms with Crippen LogP contribution in [0.1, 0.15) is 33.6 Å². The molecule has 1 aliphatic carbocycles. The molecule has 0 bridgehead atoms. The van der Waals surface area contributed by atoms with Crippen LogP contribution in [0.3, 0.4) is 0 Å². The Balaban J connectivity index is 2.45. The Morgan fingerprint density at radius 2 is 2.20 bits per heavy atom. The van der Waals surface area contributed by atoms with Gasteiger partial charge in [0.25, 0.3) is 0 Å². The molecule has 0 aromatic rings. The topological polar surface area (TPSA) is 55.4 Å². The lowest BCUT2D eigenvalue weighted by Crippen LogP contribution is -2.43. The molecule has 0 spiro atoms. The van der Waals surface area contributed by atoms with Crippen LogP contribution < -0.4 is 5.32 Å². The van der Waals surface area contributed by atoms with E-state index in [1.807, 2.05) is 6.08 Å². The van der Waals surface area contributed by atoms with Gasteiger partial charge < -0.3 is 10.1 Å². The van der Waals surface area contributed by atoms with Crippen molar-refractivity contribution in [2.24, 2.45) is 0 Å². The highest BCUT2D eigenvalue weighted by Gasteiger charge is 2.23. The second-order valence-electron chi connectivity index (χ2n) is 4.58. The summed E-state index contributed by atoms with van der Waals surface area (Å²) in [5, 5.41) is 2.56. The second kappa shape index (κ2) is 4.47. The van der Waals surface area contributed by atoms with Crippen molar-refractivity contribution in [1.29, 1.82) is 0 Å².